The number of carboxylic acids is 1. The summed E-state index contributed by atoms with van der Waals surface area (Å²) in [4.78, 5) is 10.5. The van der Waals surface area contributed by atoms with E-state index in [1.54, 1.807) is 0 Å². The molecule has 0 heterocycles. The molecule has 0 aromatic heterocycles. The number of rotatable bonds is 3. The number of hydrogen-bond donors (Lipinski definition) is 5. The van der Waals surface area contributed by atoms with E-state index in [9.17, 15) is 9.90 Å². The Hall–Kier alpha value is -1.79. The summed E-state index contributed by atoms with van der Waals surface area (Å²) in [5, 5.41) is 36.1. The molecule has 0 radical (unpaired) electrons. The molecule has 6 nitrogen and oxygen atoms in total. The summed E-state index contributed by atoms with van der Waals surface area (Å²) in [5.74, 6) is -2.14. The standard InChI is InChI=1S/C9H11NO5/c10-7(9(14)15)8(13)4-1-2-5(11)6(12)3-4/h1-3,7-8,11-13H,10H2,(H,14,15)/t7-,8-/m1/s1. The summed E-state index contributed by atoms with van der Waals surface area (Å²) in [6.07, 6.45) is -1.44. The number of nitrogens with two attached hydrogens (primary N) is 1. The van der Waals surface area contributed by atoms with E-state index < -0.39 is 23.9 Å². The van der Waals surface area contributed by atoms with Crippen molar-refractivity contribution in [1.29, 1.82) is 0 Å². The third kappa shape index (κ3) is 2.36. The maximum Gasteiger partial charge on any atom is 0.323 e. The molecule has 2 atom stereocenters. The summed E-state index contributed by atoms with van der Waals surface area (Å²) in [6, 6.07) is 2.00. The number of hydrogen-bond acceptors (Lipinski definition) is 5. The van der Waals surface area contributed by atoms with Crippen molar-refractivity contribution in [3.8, 4) is 11.5 Å². The van der Waals surface area contributed by atoms with Crippen molar-refractivity contribution in [2.75, 3.05) is 0 Å². The lowest BCUT2D eigenvalue weighted by Gasteiger charge is -2.15. The van der Waals surface area contributed by atoms with Crippen LogP contribution in [0.25, 0.3) is 0 Å². The van der Waals surface area contributed by atoms with Gasteiger partial charge in [0.05, 0.1) is 0 Å². The number of phenolic OH excluding ortho intramolecular Hbond substituents is 2. The molecule has 1 rings (SSSR count). The maximum atomic E-state index is 10.5. The Morgan fingerprint density at radius 3 is 2.33 bits per heavy atom. The normalized spacial score (nSPS) is 14.5. The van der Waals surface area contributed by atoms with Gasteiger partial charge in [-0.25, -0.2) is 0 Å². The largest absolute Gasteiger partial charge is 0.504 e. The Bertz CT molecular complexity index is 379. The van der Waals surface area contributed by atoms with E-state index >= 15 is 0 Å². The van der Waals surface area contributed by atoms with Crippen molar-refractivity contribution in [3.05, 3.63) is 23.8 Å². The highest BCUT2D eigenvalue weighted by molar-refractivity contribution is 5.74. The number of phenols is 2. The quantitative estimate of drug-likeness (QED) is 0.433. The van der Waals surface area contributed by atoms with E-state index in [0.717, 1.165) is 12.1 Å². The van der Waals surface area contributed by atoms with Crippen molar-refractivity contribution >= 4 is 5.97 Å². The molecular formula is C9H11NO5. The summed E-state index contributed by atoms with van der Waals surface area (Å²) >= 11 is 0. The van der Waals surface area contributed by atoms with Gasteiger partial charge in [-0.1, -0.05) is 6.07 Å². The molecule has 6 heteroatoms. The highest BCUT2D eigenvalue weighted by Crippen LogP contribution is 2.28. The summed E-state index contributed by atoms with van der Waals surface area (Å²) in [6.45, 7) is 0. The van der Waals surface area contributed by atoms with Gasteiger partial charge in [0.25, 0.3) is 0 Å². The molecule has 6 N–H and O–H groups in total. The zero-order valence-corrected chi connectivity index (χ0v) is 7.66. The van der Waals surface area contributed by atoms with Gasteiger partial charge in [0.1, 0.15) is 12.1 Å². The van der Waals surface area contributed by atoms with Crippen LogP contribution in [0.4, 0.5) is 0 Å². The first kappa shape index (κ1) is 11.3. The molecule has 0 aliphatic rings. The summed E-state index contributed by atoms with van der Waals surface area (Å²) in [7, 11) is 0. The van der Waals surface area contributed by atoms with Crippen molar-refractivity contribution in [2.45, 2.75) is 12.1 Å². The van der Waals surface area contributed by atoms with Gasteiger partial charge in [0.15, 0.2) is 11.5 Å². The molecule has 0 aliphatic carbocycles. The zero-order chi connectivity index (χ0) is 11.6. The van der Waals surface area contributed by atoms with E-state index in [0.29, 0.717) is 0 Å². The van der Waals surface area contributed by atoms with Crippen molar-refractivity contribution in [1.82, 2.24) is 0 Å². The topological polar surface area (TPSA) is 124 Å². The number of carboxylic acid groups (broad SMARTS) is 1. The van der Waals surface area contributed by atoms with E-state index in [2.05, 4.69) is 0 Å². The van der Waals surface area contributed by atoms with Gasteiger partial charge in [-0.3, -0.25) is 4.79 Å². The number of aliphatic carboxylic acids is 1. The molecule has 0 fully saturated rings. The molecule has 0 saturated carbocycles. The molecule has 0 amide bonds. The number of aliphatic hydroxyl groups is 1. The molecule has 1 aromatic rings. The first-order valence-electron chi connectivity index (χ1n) is 4.12. The molecule has 82 valence electrons. The average molecular weight is 213 g/mol. The lowest BCUT2D eigenvalue weighted by Crippen LogP contribution is -2.36. The Balaban J connectivity index is 2.96. The third-order valence-electron chi connectivity index (χ3n) is 1.97. The van der Waals surface area contributed by atoms with Gasteiger partial charge in [-0.05, 0) is 17.7 Å². The van der Waals surface area contributed by atoms with Crippen LogP contribution in [0.1, 0.15) is 11.7 Å². The second kappa shape index (κ2) is 4.16. The smallest absolute Gasteiger partial charge is 0.323 e. The van der Waals surface area contributed by atoms with Crippen LogP contribution in [-0.4, -0.2) is 32.4 Å². The fourth-order valence-corrected chi connectivity index (χ4v) is 1.07. The van der Waals surface area contributed by atoms with Gasteiger partial charge in [0.2, 0.25) is 0 Å². The summed E-state index contributed by atoms with van der Waals surface area (Å²) < 4.78 is 0. The number of aromatic hydroxyl groups is 2. The second-order valence-electron chi connectivity index (χ2n) is 3.06. The highest BCUT2D eigenvalue weighted by Gasteiger charge is 2.24. The number of benzene rings is 1. The van der Waals surface area contributed by atoms with Crippen molar-refractivity contribution in [2.24, 2.45) is 5.73 Å². The Labute approximate surface area is 85.2 Å². The molecule has 0 aliphatic heterocycles. The average Bonchev–Trinajstić information content (AvgIpc) is 2.19. The number of carbonyl (C=O) groups is 1. The fraction of sp³-hybridized carbons (Fsp3) is 0.222. The highest BCUT2D eigenvalue weighted by atomic mass is 16.4. The first-order chi connectivity index (χ1) is 6.93. The van der Waals surface area contributed by atoms with E-state index in [4.69, 9.17) is 21.1 Å². The van der Waals surface area contributed by atoms with Crippen LogP contribution in [0.15, 0.2) is 18.2 Å². The summed E-state index contributed by atoms with van der Waals surface area (Å²) in [5.41, 5.74) is 5.31. The second-order valence-corrected chi connectivity index (χ2v) is 3.06. The van der Waals surface area contributed by atoms with Crippen LogP contribution >= 0.6 is 0 Å². The third-order valence-corrected chi connectivity index (χ3v) is 1.97. The van der Waals surface area contributed by atoms with Crippen LogP contribution in [-0.2, 0) is 4.79 Å². The van der Waals surface area contributed by atoms with Crippen molar-refractivity contribution in [3.63, 3.8) is 0 Å². The van der Waals surface area contributed by atoms with E-state index in [1.807, 2.05) is 0 Å². The van der Waals surface area contributed by atoms with Gasteiger partial charge < -0.3 is 26.2 Å². The van der Waals surface area contributed by atoms with Gasteiger partial charge in [-0.15, -0.1) is 0 Å². The maximum absolute atomic E-state index is 10.5. The van der Waals surface area contributed by atoms with Gasteiger partial charge in [0, 0.05) is 0 Å². The van der Waals surface area contributed by atoms with Crippen LogP contribution in [0, 0.1) is 0 Å². The van der Waals surface area contributed by atoms with Gasteiger partial charge in [-0.2, -0.15) is 0 Å². The van der Waals surface area contributed by atoms with E-state index in [1.165, 1.54) is 6.07 Å². The zero-order valence-electron chi connectivity index (χ0n) is 7.66. The van der Waals surface area contributed by atoms with Crippen LogP contribution in [0.5, 0.6) is 11.5 Å². The Morgan fingerprint density at radius 2 is 1.87 bits per heavy atom. The SMILES string of the molecule is N[C@@H](C(=O)O)[C@H](O)c1ccc(O)c(O)c1. The van der Waals surface area contributed by atoms with Crippen LogP contribution < -0.4 is 5.73 Å². The minimum Gasteiger partial charge on any atom is -0.504 e. The predicted octanol–water partition coefficient (Wildman–Crippen LogP) is -0.457. The van der Waals surface area contributed by atoms with E-state index in [-0.39, 0.29) is 11.3 Å². The van der Waals surface area contributed by atoms with Crippen molar-refractivity contribution < 1.29 is 25.2 Å². The van der Waals surface area contributed by atoms with Gasteiger partial charge >= 0.3 is 5.97 Å². The lowest BCUT2D eigenvalue weighted by molar-refractivity contribution is -0.141. The molecule has 0 spiro atoms. The molecule has 0 saturated heterocycles. The predicted molar refractivity (Wildman–Crippen MR) is 50.3 cm³/mol. The minimum atomic E-state index is -1.48. The molecule has 0 unspecified atom stereocenters. The number of aliphatic hydroxyl groups excluding tert-OH is 1. The fourth-order valence-electron chi connectivity index (χ4n) is 1.07. The lowest BCUT2D eigenvalue weighted by atomic mass is 10.0. The molecule has 0 bridgehead atoms. The van der Waals surface area contributed by atoms with Crippen LogP contribution in [0.2, 0.25) is 0 Å². The molecule has 1 aromatic carbocycles. The molecular weight excluding hydrogens is 202 g/mol. The Kier molecular flexibility index (Phi) is 3.13. The minimum absolute atomic E-state index is 0.125. The molecule has 15 heavy (non-hydrogen) atoms. The Morgan fingerprint density at radius 1 is 1.27 bits per heavy atom. The first-order valence-corrected chi connectivity index (χ1v) is 4.12. The monoisotopic (exact) mass is 213 g/mol. The van der Waals surface area contributed by atoms with Crippen LogP contribution in [0.3, 0.4) is 0 Å².